The van der Waals surface area contributed by atoms with Gasteiger partial charge in [-0.05, 0) is 18.6 Å². The molecule has 106 valence electrons. The normalized spacial score (nSPS) is 15.3. The van der Waals surface area contributed by atoms with Crippen LogP contribution in [0.3, 0.4) is 0 Å². The molecule has 0 radical (unpaired) electrons. The number of carbonyl (C=O) groups is 3. The molecular formula is C14H17N3O3. The van der Waals surface area contributed by atoms with Crippen molar-refractivity contribution in [3.05, 3.63) is 24.3 Å². The molecule has 0 aromatic heterocycles. The maximum Gasteiger partial charge on any atom is 0.229 e. The molecule has 0 spiro atoms. The second kappa shape index (κ2) is 6.18. The van der Waals surface area contributed by atoms with Gasteiger partial charge >= 0.3 is 0 Å². The molecule has 1 heterocycles. The fourth-order valence-electron chi connectivity index (χ4n) is 2.09. The number of para-hydroxylation sites is 2. The molecule has 0 atom stereocenters. The first kappa shape index (κ1) is 14.0. The van der Waals surface area contributed by atoms with Crippen LogP contribution in [-0.2, 0) is 14.4 Å². The van der Waals surface area contributed by atoms with E-state index in [1.165, 1.54) is 0 Å². The van der Waals surface area contributed by atoms with E-state index < -0.39 is 0 Å². The maximum absolute atomic E-state index is 11.8. The quantitative estimate of drug-likeness (QED) is 0.636. The van der Waals surface area contributed by atoms with Crippen molar-refractivity contribution in [1.82, 2.24) is 4.90 Å². The summed E-state index contributed by atoms with van der Waals surface area (Å²) in [4.78, 5) is 36.1. The third kappa shape index (κ3) is 3.34. The minimum absolute atomic E-state index is 0.0752. The van der Waals surface area contributed by atoms with E-state index in [1.54, 1.807) is 24.3 Å². The van der Waals surface area contributed by atoms with Crippen molar-refractivity contribution in [1.29, 1.82) is 0 Å². The van der Waals surface area contributed by atoms with Gasteiger partial charge in [0.1, 0.15) is 0 Å². The number of amides is 3. The number of nitrogens with one attached hydrogen (secondary N) is 1. The molecule has 3 amide bonds. The van der Waals surface area contributed by atoms with E-state index in [0.717, 1.165) is 4.90 Å². The molecule has 1 saturated heterocycles. The Bertz CT molecular complexity index is 526. The molecule has 0 bridgehead atoms. The highest BCUT2D eigenvalue weighted by Crippen LogP contribution is 2.17. The molecule has 1 fully saturated rings. The van der Waals surface area contributed by atoms with Crippen molar-refractivity contribution in [2.45, 2.75) is 25.7 Å². The zero-order chi connectivity index (χ0) is 14.5. The van der Waals surface area contributed by atoms with Crippen molar-refractivity contribution in [3.8, 4) is 0 Å². The predicted octanol–water partition coefficient (Wildman–Crippen LogP) is 1.14. The number of piperidine rings is 1. The number of nitrogens with zero attached hydrogens (tertiary/aromatic N) is 1. The third-order valence-electron chi connectivity index (χ3n) is 3.18. The third-order valence-corrected chi connectivity index (χ3v) is 3.18. The van der Waals surface area contributed by atoms with Gasteiger partial charge in [-0.2, -0.15) is 0 Å². The van der Waals surface area contributed by atoms with Crippen LogP contribution >= 0.6 is 0 Å². The minimum atomic E-state index is -0.269. The van der Waals surface area contributed by atoms with E-state index in [1.807, 2.05) is 0 Å². The van der Waals surface area contributed by atoms with Crippen molar-refractivity contribution in [2.75, 3.05) is 17.6 Å². The van der Waals surface area contributed by atoms with E-state index in [-0.39, 0.29) is 30.7 Å². The number of carbonyl (C=O) groups excluding carboxylic acids is 3. The van der Waals surface area contributed by atoms with Crippen molar-refractivity contribution in [3.63, 3.8) is 0 Å². The van der Waals surface area contributed by atoms with Crippen LogP contribution in [0.4, 0.5) is 11.4 Å². The van der Waals surface area contributed by atoms with Crippen molar-refractivity contribution >= 4 is 29.1 Å². The van der Waals surface area contributed by atoms with Crippen LogP contribution in [0.2, 0.25) is 0 Å². The van der Waals surface area contributed by atoms with E-state index in [4.69, 9.17) is 5.73 Å². The van der Waals surface area contributed by atoms with Gasteiger partial charge in [-0.15, -0.1) is 0 Å². The molecule has 6 nitrogen and oxygen atoms in total. The highest BCUT2D eigenvalue weighted by Gasteiger charge is 2.25. The molecule has 0 saturated carbocycles. The lowest BCUT2D eigenvalue weighted by Gasteiger charge is -2.24. The molecule has 1 aliphatic heterocycles. The maximum atomic E-state index is 11.8. The van der Waals surface area contributed by atoms with Crippen molar-refractivity contribution < 1.29 is 14.4 Å². The summed E-state index contributed by atoms with van der Waals surface area (Å²) in [5.41, 5.74) is 6.73. The zero-order valence-corrected chi connectivity index (χ0v) is 11.1. The van der Waals surface area contributed by atoms with Gasteiger partial charge < -0.3 is 11.1 Å². The SMILES string of the molecule is Nc1ccccc1NC(=O)CCN1C(=O)CCCC1=O. The zero-order valence-electron chi connectivity index (χ0n) is 11.1. The molecule has 3 N–H and O–H groups in total. The van der Waals surface area contributed by atoms with Gasteiger partial charge in [0.15, 0.2) is 0 Å². The number of likely N-dealkylation sites (tertiary alicyclic amines) is 1. The summed E-state index contributed by atoms with van der Waals surface area (Å²) < 4.78 is 0. The van der Waals surface area contributed by atoms with Gasteiger partial charge in [0, 0.05) is 25.8 Å². The average Bonchev–Trinajstić information content (AvgIpc) is 2.41. The van der Waals surface area contributed by atoms with Crippen molar-refractivity contribution in [2.24, 2.45) is 0 Å². The number of rotatable bonds is 4. The monoisotopic (exact) mass is 275 g/mol. The Labute approximate surface area is 116 Å². The lowest BCUT2D eigenvalue weighted by Crippen LogP contribution is -2.41. The Morgan fingerprint density at radius 3 is 2.50 bits per heavy atom. The van der Waals surface area contributed by atoms with Crippen LogP contribution in [-0.4, -0.2) is 29.2 Å². The fourth-order valence-corrected chi connectivity index (χ4v) is 2.09. The number of nitrogens with two attached hydrogens (primary N) is 1. The summed E-state index contributed by atoms with van der Waals surface area (Å²) in [5.74, 6) is -0.671. The highest BCUT2D eigenvalue weighted by molar-refractivity contribution is 5.99. The number of benzene rings is 1. The predicted molar refractivity (Wildman–Crippen MR) is 74.7 cm³/mol. The molecule has 6 heteroatoms. The van der Waals surface area contributed by atoms with Crippen LogP contribution in [0.5, 0.6) is 0 Å². The van der Waals surface area contributed by atoms with Gasteiger partial charge in [0.25, 0.3) is 0 Å². The topological polar surface area (TPSA) is 92.5 Å². The average molecular weight is 275 g/mol. The number of anilines is 2. The molecule has 1 aromatic rings. The summed E-state index contributed by atoms with van der Waals surface area (Å²) in [6.07, 6.45) is 1.42. The number of nitrogen functional groups attached to an aromatic ring is 1. The Kier molecular flexibility index (Phi) is 4.34. The molecule has 0 unspecified atom stereocenters. The largest absolute Gasteiger partial charge is 0.397 e. The summed E-state index contributed by atoms with van der Waals surface area (Å²) in [7, 11) is 0. The van der Waals surface area contributed by atoms with Crippen LogP contribution in [0, 0.1) is 0 Å². The molecular weight excluding hydrogens is 258 g/mol. The summed E-state index contributed by atoms with van der Waals surface area (Å²) in [5, 5.41) is 2.67. The van der Waals surface area contributed by atoms with Gasteiger partial charge in [-0.3, -0.25) is 19.3 Å². The summed E-state index contributed by atoms with van der Waals surface area (Å²) >= 11 is 0. The second-order valence-electron chi connectivity index (χ2n) is 4.68. The molecule has 0 aliphatic carbocycles. The number of hydrogen-bond donors (Lipinski definition) is 2. The first-order valence-corrected chi connectivity index (χ1v) is 6.55. The fraction of sp³-hybridized carbons (Fsp3) is 0.357. The van der Waals surface area contributed by atoms with Crippen LogP contribution < -0.4 is 11.1 Å². The lowest BCUT2D eigenvalue weighted by molar-refractivity contribution is -0.148. The summed E-state index contributed by atoms with van der Waals surface area (Å²) in [6.45, 7) is 0.121. The molecule has 2 rings (SSSR count). The van der Waals surface area contributed by atoms with Gasteiger partial charge in [0.2, 0.25) is 17.7 Å². The van der Waals surface area contributed by atoms with E-state index in [9.17, 15) is 14.4 Å². The standard InChI is InChI=1S/C14H17N3O3/c15-10-4-1-2-5-11(10)16-12(18)8-9-17-13(19)6-3-7-14(17)20/h1-2,4-5H,3,6-9,15H2,(H,16,18). The Morgan fingerprint density at radius 2 is 1.85 bits per heavy atom. The summed E-state index contributed by atoms with van der Waals surface area (Å²) in [6, 6.07) is 6.93. The number of imide groups is 1. The van der Waals surface area contributed by atoms with Gasteiger partial charge in [-0.1, -0.05) is 12.1 Å². The second-order valence-corrected chi connectivity index (χ2v) is 4.68. The first-order valence-electron chi connectivity index (χ1n) is 6.55. The smallest absolute Gasteiger partial charge is 0.229 e. The van der Waals surface area contributed by atoms with Gasteiger partial charge in [0.05, 0.1) is 11.4 Å². The molecule has 1 aromatic carbocycles. The van der Waals surface area contributed by atoms with Crippen LogP contribution in [0.25, 0.3) is 0 Å². The number of hydrogen-bond acceptors (Lipinski definition) is 4. The Morgan fingerprint density at radius 1 is 1.20 bits per heavy atom. The van der Waals surface area contributed by atoms with E-state index in [0.29, 0.717) is 30.6 Å². The van der Waals surface area contributed by atoms with E-state index >= 15 is 0 Å². The van der Waals surface area contributed by atoms with Gasteiger partial charge in [-0.25, -0.2) is 0 Å². The highest BCUT2D eigenvalue weighted by atomic mass is 16.2. The Hall–Kier alpha value is -2.37. The minimum Gasteiger partial charge on any atom is -0.397 e. The lowest BCUT2D eigenvalue weighted by atomic mass is 10.1. The molecule has 20 heavy (non-hydrogen) atoms. The first-order chi connectivity index (χ1) is 9.58. The van der Waals surface area contributed by atoms with Crippen LogP contribution in [0.1, 0.15) is 25.7 Å². The Balaban J connectivity index is 1.88. The van der Waals surface area contributed by atoms with Crippen LogP contribution in [0.15, 0.2) is 24.3 Å². The van der Waals surface area contributed by atoms with E-state index in [2.05, 4.69) is 5.32 Å². The molecule has 1 aliphatic rings.